The molecule has 3 rings (SSSR count). The molecule has 8 heteroatoms. The number of aliphatic imine (C=N–C) groups is 1. The number of guanidine groups is 1. The lowest BCUT2D eigenvalue weighted by Gasteiger charge is -2.33. The first-order chi connectivity index (χ1) is 13.1. The summed E-state index contributed by atoms with van der Waals surface area (Å²) in [6.07, 6.45) is 2.84. The first-order valence-corrected chi connectivity index (χ1v) is 10.4. The molecule has 0 aliphatic carbocycles. The Balaban J connectivity index is 0.00000280. The first-order valence-electron chi connectivity index (χ1n) is 9.64. The summed E-state index contributed by atoms with van der Waals surface area (Å²) in [6.45, 7) is 4.77. The van der Waals surface area contributed by atoms with Gasteiger partial charge in [-0.05, 0) is 49.4 Å². The van der Waals surface area contributed by atoms with Crippen molar-refractivity contribution in [2.45, 2.75) is 19.3 Å². The van der Waals surface area contributed by atoms with Crippen LogP contribution in [0.25, 0.3) is 0 Å². The number of carbonyl (C=O) groups is 1. The summed E-state index contributed by atoms with van der Waals surface area (Å²) in [7, 11) is 3.30. The molecule has 28 heavy (non-hydrogen) atoms. The number of anilines is 1. The van der Waals surface area contributed by atoms with Crippen LogP contribution < -0.4 is 10.2 Å². The zero-order chi connectivity index (χ0) is 19.2. The molecule has 2 saturated heterocycles. The van der Waals surface area contributed by atoms with Crippen LogP contribution in [0.4, 0.5) is 5.69 Å². The topological polar surface area (TPSA) is 57.2 Å². The molecule has 0 amide bonds. The minimum Gasteiger partial charge on any atom is -0.469 e. The number of esters is 1. The molecule has 2 heterocycles. The summed E-state index contributed by atoms with van der Waals surface area (Å²) in [5.74, 6) is 1.49. The SMILES string of the molecule is CN=C(NCC1CCN(c2ccc(Br)cc2)C1)N1CCC(C(=O)OC)CC1.I. The average molecular weight is 565 g/mol. The average Bonchev–Trinajstić information content (AvgIpc) is 3.18. The second-order valence-corrected chi connectivity index (χ2v) is 8.21. The number of piperidine rings is 1. The summed E-state index contributed by atoms with van der Waals surface area (Å²) in [6, 6.07) is 8.54. The zero-order valence-corrected chi connectivity index (χ0v) is 20.5. The highest BCUT2D eigenvalue weighted by atomic mass is 127. The number of likely N-dealkylation sites (tertiary alicyclic amines) is 1. The van der Waals surface area contributed by atoms with Crippen LogP contribution in [0.1, 0.15) is 19.3 Å². The normalized spacial score (nSPS) is 20.7. The molecule has 0 saturated carbocycles. The minimum absolute atomic E-state index is 0. The standard InChI is InChI=1S/C20H29BrN4O2.HI/c1-22-20(24-11-8-16(9-12-24)19(26)27-2)23-13-15-7-10-25(14-15)18-5-3-17(21)4-6-18;/h3-6,15-16H,7-14H2,1-2H3,(H,22,23);1H. The van der Waals surface area contributed by atoms with E-state index in [0.29, 0.717) is 5.92 Å². The molecule has 1 aromatic rings. The number of nitrogens with one attached hydrogen (secondary N) is 1. The van der Waals surface area contributed by atoms with E-state index in [1.54, 1.807) is 0 Å². The summed E-state index contributed by atoms with van der Waals surface area (Å²) in [5.41, 5.74) is 1.29. The Morgan fingerprint density at radius 2 is 1.89 bits per heavy atom. The van der Waals surface area contributed by atoms with E-state index in [4.69, 9.17) is 4.74 Å². The maximum Gasteiger partial charge on any atom is 0.308 e. The van der Waals surface area contributed by atoms with Gasteiger partial charge >= 0.3 is 5.97 Å². The van der Waals surface area contributed by atoms with Crippen LogP contribution in [-0.4, -0.2) is 63.7 Å². The Hall–Kier alpha value is -1.03. The van der Waals surface area contributed by atoms with Crippen molar-refractivity contribution >= 4 is 57.5 Å². The van der Waals surface area contributed by atoms with E-state index in [-0.39, 0.29) is 35.9 Å². The fraction of sp³-hybridized carbons (Fsp3) is 0.600. The molecule has 2 fully saturated rings. The predicted octanol–water partition coefficient (Wildman–Crippen LogP) is 3.35. The van der Waals surface area contributed by atoms with Gasteiger partial charge in [0.15, 0.2) is 5.96 Å². The van der Waals surface area contributed by atoms with Gasteiger partial charge in [0.1, 0.15) is 0 Å². The summed E-state index contributed by atoms with van der Waals surface area (Å²) >= 11 is 3.50. The molecule has 0 spiro atoms. The number of benzene rings is 1. The molecule has 6 nitrogen and oxygen atoms in total. The highest BCUT2D eigenvalue weighted by Crippen LogP contribution is 2.25. The molecule has 156 valence electrons. The van der Waals surface area contributed by atoms with E-state index in [0.717, 1.165) is 56.0 Å². The van der Waals surface area contributed by atoms with E-state index in [1.165, 1.54) is 19.2 Å². The van der Waals surface area contributed by atoms with Crippen molar-refractivity contribution in [2.75, 3.05) is 51.8 Å². The third kappa shape index (κ3) is 5.98. The van der Waals surface area contributed by atoms with Gasteiger partial charge in [0.25, 0.3) is 0 Å². The maximum absolute atomic E-state index is 11.7. The highest BCUT2D eigenvalue weighted by Gasteiger charge is 2.28. The molecular weight excluding hydrogens is 535 g/mol. The van der Waals surface area contributed by atoms with Gasteiger partial charge in [-0.2, -0.15) is 0 Å². The lowest BCUT2D eigenvalue weighted by molar-refractivity contribution is -0.146. The molecule has 0 bridgehead atoms. The zero-order valence-electron chi connectivity index (χ0n) is 16.6. The van der Waals surface area contributed by atoms with Gasteiger partial charge < -0.3 is 19.9 Å². The molecular formula is C20H30BrIN4O2. The second kappa shape index (κ2) is 11.2. The van der Waals surface area contributed by atoms with Crippen LogP contribution in [0.15, 0.2) is 33.7 Å². The van der Waals surface area contributed by atoms with Crippen molar-refractivity contribution in [3.05, 3.63) is 28.7 Å². The quantitative estimate of drug-likeness (QED) is 0.263. The van der Waals surface area contributed by atoms with E-state index in [9.17, 15) is 4.79 Å². The Morgan fingerprint density at radius 1 is 1.21 bits per heavy atom. The van der Waals surface area contributed by atoms with Crippen LogP contribution >= 0.6 is 39.9 Å². The van der Waals surface area contributed by atoms with Crippen molar-refractivity contribution in [1.82, 2.24) is 10.2 Å². The lowest BCUT2D eigenvalue weighted by Crippen LogP contribution is -2.47. The fourth-order valence-corrected chi connectivity index (χ4v) is 4.21. The number of halogens is 2. The van der Waals surface area contributed by atoms with Gasteiger partial charge in [0.2, 0.25) is 0 Å². The van der Waals surface area contributed by atoms with Crippen LogP contribution in [-0.2, 0) is 9.53 Å². The van der Waals surface area contributed by atoms with Gasteiger partial charge in [-0.3, -0.25) is 9.79 Å². The summed E-state index contributed by atoms with van der Waals surface area (Å²) < 4.78 is 5.98. The number of ether oxygens (including phenoxy) is 1. The highest BCUT2D eigenvalue weighted by molar-refractivity contribution is 14.0. The van der Waals surface area contributed by atoms with Crippen LogP contribution in [0.2, 0.25) is 0 Å². The molecule has 1 aromatic carbocycles. The number of carbonyl (C=O) groups excluding carboxylic acids is 1. The van der Waals surface area contributed by atoms with E-state index in [2.05, 4.69) is 60.3 Å². The van der Waals surface area contributed by atoms with Crippen molar-refractivity contribution in [3.8, 4) is 0 Å². The van der Waals surface area contributed by atoms with Crippen LogP contribution in [0.3, 0.4) is 0 Å². The Bertz CT molecular complexity index is 663. The smallest absolute Gasteiger partial charge is 0.308 e. The van der Waals surface area contributed by atoms with Crippen molar-refractivity contribution in [2.24, 2.45) is 16.8 Å². The Morgan fingerprint density at radius 3 is 2.50 bits per heavy atom. The molecule has 2 aliphatic heterocycles. The van der Waals surface area contributed by atoms with Crippen LogP contribution in [0, 0.1) is 11.8 Å². The van der Waals surface area contributed by atoms with Crippen molar-refractivity contribution < 1.29 is 9.53 Å². The second-order valence-electron chi connectivity index (χ2n) is 7.29. The largest absolute Gasteiger partial charge is 0.469 e. The van der Waals surface area contributed by atoms with Crippen molar-refractivity contribution in [3.63, 3.8) is 0 Å². The number of rotatable bonds is 4. The summed E-state index contributed by atoms with van der Waals surface area (Å²) in [5, 5.41) is 3.55. The van der Waals surface area contributed by atoms with Crippen molar-refractivity contribution in [1.29, 1.82) is 0 Å². The van der Waals surface area contributed by atoms with Gasteiger partial charge in [-0.1, -0.05) is 15.9 Å². The van der Waals surface area contributed by atoms with E-state index in [1.807, 2.05) is 7.05 Å². The number of methoxy groups -OCH3 is 1. The third-order valence-corrected chi connectivity index (χ3v) is 6.10. The summed E-state index contributed by atoms with van der Waals surface area (Å²) in [4.78, 5) is 20.8. The van der Waals surface area contributed by atoms with Gasteiger partial charge in [0, 0.05) is 49.9 Å². The molecule has 0 aromatic heterocycles. The predicted molar refractivity (Wildman–Crippen MR) is 128 cm³/mol. The molecule has 1 N–H and O–H groups in total. The van der Waals surface area contributed by atoms with Gasteiger partial charge in [0.05, 0.1) is 13.0 Å². The monoisotopic (exact) mass is 564 g/mol. The molecule has 1 unspecified atom stereocenters. The first kappa shape index (κ1) is 23.3. The molecule has 2 aliphatic rings. The number of nitrogens with zero attached hydrogens (tertiary/aromatic N) is 3. The number of hydrogen-bond acceptors (Lipinski definition) is 4. The minimum atomic E-state index is -0.0865. The molecule has 0 radical (unpaired) electrons. The maximum atomic E-state index is 11.7. The Kier molecular flexibility index (Phi) is 9.33. The van der Waals surface area contributed by atoms with Crippen LogP contribution in [0.5, 0.6) is 0 Å². The van der Waals surface area contributed by atoms with E-state index >= 15 is 0 Å². The lowest BCUT2D eigenvalue weighted by atomic mass is 9.97. The Labute approximate surface area is 193 Å². The third-order valence-electron chi connectivity index (χ3n) is 5.57. The van der Waals surface area contributed by atoms with Gasteiger partial charge in [-0.25, -0.2) is 0 Å². The fourth-order valence-electron chi connectivity index (χ4n) is 3.95. The van der Waals surface area contributed by atoms with Gasteiger partial charge in [-0.15, -0.1) is 24.0 Å². The molecule has 1 atom stereocenters. The number of hydrogen-bond donors (Lipinski definition) is 1. The van der Waals surface area contributed by atoms with E-state index < -0.39 is 0 Å².